The summed E-state index contributed by atoms with van der Waals surface area (Å²) >= 11 is 0. The molecule has 24 heavy (non-hydrogen) atoms. The van der Waals surface area contributed by atoms with Crippen molar-refractivity contribution in [1.82, 2.24) is 9.80 Å². The number of aliphatic hydroxyl groups is 1. The Labute approximate surface area is 144 Å². The number of amides is 1. The number of carbonyl (C=O) groups excluding carboxylic acids is 1. The smallest absolute Gasteiger partial charge is 0.288 e. The lowest BCUT2D eigenvalue weighted by Gasteiger charge is -2.35. The first-order valence-corrected chi connectivity index (χ1v) is 9.26. The predicted molar refractivity (Wildman–Crippen MR) is 90.1 cm³/mol. The van der Waals surface area contributed by atoms with Gasteiger partial charge in [0.15, 0.2) is 5.76 Å². The molecule has 1 N–H and O–H groups in total. The van der Waals surface area contributed by atoms with Gasteiger partial charge in [-0.25, -0.2) is 0 Å². The minimum absolute atomic E-state index is 0.0115. The molecule has 0 aromatic heterocycles. The van der Waals surface area contributed by atoms with Crippen molar-refractivity contribution < 1.29 is 19.4 Å². The molecular formula is C18H30N2O4. The molecule has 1 amide bonds. The van der Waals surface area contributed by atoms with Crippen LogP contribution in [0, 0.1) is 11.8 Å². The summed E-state index contributed by atoms with van der Waals surface area (Å²) in [6.45, 7) is 4.09. The molecule has 3 aliphatic rings. The van der Waals surface area contributed by atoms with E-state index in [1.54, 1.807) is 0 Å². The first-order chi connectivity index (χ1) is 11.7. The monoisotopic (exact) mass is 338 g/mol. The second-order valence-corrected chi connectivity index (χ2v) is 7.21. The first kappa shape index (κ1) is 17.7. The third-order valence-electron chi connectivity index (χ3n) is 5.17. The maximum absolute atomic E-state index is 12.8. The van der Waals surface area contributed by atoms with Crippen molar-refractivity contribution in [3.63, 3.8) is 0 Å². The number of unbranched alkanes of at least 4 members (excludes halogenated alkanes) is 1. The number of ether oxygens (including phenoxy) is 2. The van der Waals surface area contributed by atoms with Crippen LogP contribution in [0.3, 0.4) is 0 Å². The van der Waals surface area contributed by atoms with Crippen LogP contribution in [-0.2, 0) is 14.3 Å². The Bertz CT molecular complexity index is 456. The third-order valence-corrected chi connectivity index (χ3v) is 5.17. The van der Waals surface area contributed by atoms with Gasteiger partial charge in [-0.3, -0.25) is 4.79 Å². The zero-order valence-electron chi connectivity index (χ0n) is 14.7. The number of nitrogens with zero attached hydrogens (tertiary/aromatic N) is 2. The highest BCUT2D eigenvalue weighted by molar-refractivity contribution is 5.91. The Morgan fingerprint density at radius 1 is 1.29 bits per heavy atom. The number of rotatable bonds is 7. The normalized spacial score (nSPS) is 28.4. The van der Waals surface area contributed by atoms with Gasteiger partial charge in [0.25, 0.3) is 5.91 Å². The number of piperazine rings is 1. The van der Waals surface area contributed by atoms with E-state index < -0.39 is 0 Å². The van der Waals surface area contributed by atoms with E-state index in [9.17, 15) is 4.79 Å². The van der Waals surface area contributed by atoms with Crippen molar-refractivity contribution in [3.05, 3.63) is 11.8 Å². The largest absolute Gasteiger partial charge is 0.459 e. The van der Waals surface area contributed by atoms with Crippen LogP contribution in [0.15, 0.2) is 11.8 Å². The predicted octanol–water partition coefficient (Wildman–Crippen LogP) is 1.21. The Kier molecular flexibility index (Phi) is 6.14. The zero-order chi connectivity index (χ0) is 16.9. The quantitative estimate of drug-likeness (QED) is 0.707. The van der Waals surface area contributed by atoms with Crippen LogP contribution in [0.4, 0.5) is 0 Å². The molecule has 1 saturated carbocycles. The van der Waals surface area contributed by atoms with Crippen LogP contribution in [0.25, 0.3) is 0 Å². The molecular weight excluding hydrogens is 308 g/mol. The maximum Gasteiger partial charge on any atom is 0.288 e. The van der Waals surface area contributed by atoms with E-state index >= 15 is 0 Å². The Hall–Kier alpha value is -1.11. The Morgan fingerprint density at radius 2 is 2.04 bits per heavy atom. The molecule has 2 fully saturated rings. The van der Waals surface area contributed by atoms with E-state index in [0.717, 1.165) is 45.4 Å². The Balaban J connectivity index is 1.58. The summed E-state index contributed by atoms with van der Waals surface area (Å²) in [5.74, 6) is 1.58. The summed E-state index contributed by atoms with van der Waals surface area (Å²) in [4.78, 5) is 16.9. The summed E-state index contributed by atoms with van der Waals surface area (Å²) in [7, 11) is 2.08. The molecule has 0 aromatic rings. The van der Waals surface area contributed by atoms with E-state index in [1.807, 2.05) is 11.0 Å². The molecule has 1 saturated heterocycles. The fourth-order valence-electron chi connectivity index (χ4n) is 3.38. The number of carbonyl (C=O) groups is 1. The summed E-state index contributed by atoms with van der Waals surface area (Å²) in [5, 5.41) is 8.85. The number of hydrogen-bond acceptors (Lipinski definition) is 5. The van der Waals surface area contributed by atoms with Crippen LogP contribution in [0.1, 0.15) is 32.1 Å². The Morgan fingerprint density at radius 3 is 2.71 bits per heavy atom. The van der Waals surface area contributed by atoms with E-state index in [2.05, 4.69) is 11.9 Å². The molecule has 2 heterocycles. The molecule has 0 bridgehead atoms. The second-order valence-electron chi connectivity index (χ2n) is 7.21. The summed E-state index contributed by atoms with van der Waals surface area (Å²) in [6.07, 6.45) is 6.60. The van der Waals surface area contributed by atoms with Crippen molar-refractivity contribution in [2.45, 2.75) is 38.4 Å². The van der Waals surface area contributed by atoms with Gasteiger partial charge in [-0.05, 0) is 50.6 Å². The molecule has 0 spiro atoms. The maximum atomic E-state index is 12.8. The number of likely N-dealkylation sites (N-methyl/N-ethyl adjacent to an activating group) is 1. The van der Waals surface area contributed by atoms with Gasteiger partial charge in [-0.2, -0.15) is 0 Å². The molecule has 2 atom stereocenters. The van der Waals surface area contributed by atoms with Gasteiger partial charge in [0.1, 0.15) is 0 Å². The molecule has 2 aliphatic heterocycles. The summed E-state index contributed by atoms with van der Waals surface area (Å²) < 4.78 is 11.7. The van der Waals surface area contributed by atoms with Crippen LogP contribution in [0.5, 0.6) is 0 Å². The van der Waals surface area contributed by atoms with E-state index in [0.29, 0.717) is 24.2 Å². The summed E-state index contributed by atoms with van der Waals surface area (Å²) in [5.41, 5.74) is 0. The molecule has 0 aromatic carbocycles. The van der Waals surface area contributed by atoms with E-state index in [4.69, 9.17) is 14.6 Å². The van der Waals surface area contributed by atoms with Crippen LogP contribution in [0.2, 0.25) is 0 Å². The van der Waals surface area contributed by atoms with Crippen LogP contribution in [-0.4, -0.2) is 73.5 Å². The van der Waals surface area contributed by atoms with Gasteiger partial charge < -0.3 is 24.4 Å². The highest BCUT2D eigenvalue weighted by Crippen LogP contribution is 2.43. The molecule has 0 radical (unpaired) electrons. The van der Waals surface area contributed by atoms with Crippen molar-refractivity contribution >= 4 is 5.91 Å². The fourth-order valence-corrected chi connectivity index (χ4v) is 3.38. The van der Waals surface area contributed by atoms with Gasteiger partial charge in [-0.15, -0.1) is 0 Å². The van der Waals surface area contributed by atoms with Crippen molar-refractivity contribution in [1.29, 1.82) is 0 Å². The minimum atomic E-state index is -0.328. The molecule has 136 valence electrons. The molecule has 6 heteroatoms. The van der Waals surface area contributed by atoms with Gasteiger partial charge in [0.05, 0.1) is 6.61 Å². The first-order valence-electron chi connectivity index (χ1n) is 9.26. The number of aliphatic hydroxyl groups excluding tert-OH is 1. The van der Waals surface area contributed by atoms with Gasteiger partial charge in [0, 0.05) is 39.2 Å². The lowest BCUT2D eigenvalue weighted by Crippen LogP contribution is -2.48. The van der Waals surface area contributed by atoms with E-state index in [-0.39, 0.29) is 18.8 Å². The number of hydrogen-bond donors (Lipinski definition) is 1. The van der Waals surface area contributed by atoms with Gasteiger partial charge >= 0.3 is 0 Å². The highest BCUT2D eigenvalue weighted by atomic mass is 16.7. The second kappa shape index (κ2) is 8.32. The average molecular weight is 338 g/mol. The van der Waals surface area contributed by atoms with Crippen molar-refractivity contribution in [3.8, 4) is 0 Å². The molecule has 0 unspecified atom stereocenters. The fraction of sp³-hybridized carbons (Fsp3) is 0.833. The van der Waals surface area contributed by atoms with Crippen molar-refractivity contribution in [2.75, 3.05) is 46.4 Å². The highest BCUT2D eigenvalue weighted by Gasteiger charge is 2.38. The SMILES string of the molecule is CN1CCN(C(=O)C2=C[C@H](C3CC3)C[C@H](OCCCCO)O2)CC1. The topological polar surface area (TPSA) is 62.2 Å². The molecule has 3 rings (SSSR count). The number of allylic oxidation sites excluding steroid dienone is 1. The zero-order valence-corrected chi connectivity index (χ0v) is 14.7. The lowest BCUT2D eigenvalue weighted by atomic mass is 9.96. The van der Waals surface area contributed by atoms with Gasteiger partial charge in [0.2, 0.25) is 6.29 Å². The molecule has 1 aliphatic carbocycles. The van der Waals surface area contributed by atoms with Crippen LogP contribution < -0.4 is 0 Å². The van der Waals surface area contributed by atoms with Gasteiger partial charge in [-0.1, -0.05) is 0 Å². The summed E-state index contributed by atoms with van der Waals surface area (Å²) in [6, 6.07) is 0. The standard InChI is InChI=1S/C18H30N2O4/c1-19-6-8-20(9-7-19)18(22)16-12-15(14-4-5-14)13-17(24-16)23-11-3-2-10-21/h12,14-15,17,21H,2-11,13H2,1H3/t15-,17+/m0/s1. The average Bonchev–Trinajstić information content (AvgIpc) is 3.44. The molecule has 6 nitrogen and oxygen atoms in total. The van der Waals surface area contributed by atoms with E-state index in [1.165, 1.54) is 12.8 Å². The van der Waals surface area contributed by atoms with Crippen LogP contribution >= 0.6 is 0 Å². The third kappa shape index (κ3) is 4.71. The minimum Gasteiger partial charge on any atom is -0.459 e. The van der Waals surface area contributed by atoms with Crippen molar-refractivity contribution in [2.24, 2.45) is 11.8 Å². The lowest BCUT2D eigenvalue weighted by molar-refractivity contribution is -0.156.